The molecule has 1 aliphatic heterocycles. The maximum absolute atomic E-state index is 12.7. The zero-order valence-electron chi connectivity index (χ0n) is 14.7. The van der Waals surface area contributed by atoms with E-state index in [0.29, 0.717) is 23.4 Å². The van der Waals surface area contributed by atoms with Gasteiger partial charge in [-0.05, 0) is 48.4 Å². The highest BCUT2D eigenvalue weighted by atomic mass is 32.2. The second-order valence-corrected chi connectivity index (χ2v) is 7.29. The largest absolute Gasteiger partial charge is 0.348 e. The third-order valence-electron chi connectivity index (χ3n) is 4.44. The topological polar surface area (TPSA) is 71.1 Å². The van der Waals surface area contributed by atoms with Gasteiger partial charge in [0, 0.05) is 34.3 Å². The zero-order chi connectivity index (χ0) is 18.8. The molecule has 0 radical (unpaired) electrons. The molecule has 0 aliphatic carbocycles. The van der Waals surface area contributed by atoms with Crippen LogP contribution in [0.2, 0.25) is 0 Å². The molecule has 2 N–H and O–H groups in total. The summed E-state index contributed by atoms with van der Waals surface area (Å²) in [6, 6.07) is 14.9. The van der Waals surface area contributed by atoms with Crippen LogP contribution >= 0.6 is 11.8 Å². The van der Waals surface area contributed by atoms with Crippen molar-refractivity contribution in [3.8, 4) is 0 Å². The second-order valence-electron chi connectivity index (χ2n) is 6.21. The average Bonchev–Trinajstić information content (AvgIpc) is 2.84. The Balaban J connectivity index is 1.61. The van der Waals surface area contributed by atoms with E-state index in [4.69, 9.17) is 0 Å². The van der Waals surface area contributed by atoms with Gasteiger partial charge in [0.1, 0.15) is 0 Å². The number of pyridine rings is 1. The third kappa shape index (κ3) is 3.44. The van der Waals surface area contributed by atoms with Gasteiger partial charge in [0.05, 0.1) is 11.3 Å². The van der Waals surface area contributed by atoms with E-state index in [9.17, 15) is 9.59 Å². The molecule has 1 aromatic heterocycles. The van der Waals surface area contributed by atoms with Crippen molar-refractivity contribution in [2.45, 2.75) is 23.3 Å². The Morgan fingerprint density at radius 2 is 1.96 bits per heavy atom. The molecular weight excluding hydrogens is 358 g/mol. The minimum atomic E-state index is -0.180. The van der Waals surface area contributed by atoms with E-state index in [-0.39, 0.29) is 11.8 Å². The highest BCUT2D eigenvalue weighted by Crippen LogP contribution is 2.41. The number of hydrogen-bond acceptors (Lipinski definition) is 4. The van der Waals surface area contributed by atoms with Gasteiger partial charge in [-0.1, -0.05) is 30.0 Å². The molecule has 0 unspecified atom stereocenters. The van der Waals surface area contributed by atoms with Gasteiger partial charge < -0.3 is 10.6 Å². The lowest BCUT2D eigenvalue weighted by molar-refractivity contribution is 0.0948. The smallest absolute Gasteiger partial charge is 0.256 e. The van der Waals surface area contributed by atoms with Crippen LogP contribution in [0.4, 0.5) is 5.69 Å². The summed E-state index contributed by atoms with van der Waals surface area (Å²) in [5, 5.41) is 5.87. The molecule has 4 rings (SSSR count). The lowest BCUT2D eigenvalue weighted by Gasteiger charge is -2.14. The molecule has 1 aliphatic rings. The Morgan fingerprint density at radius 3 is 2.78 bits per heavy atom. The van der Waals surface area contributed by atoms with E-state index in [1.54, 1.807) is 24.5 Å². The summed E-state index contributed by atoms with van der Waals surface area (Å²) in [4.78, 5) is 31.1. The lowest BCUT2D eigenvalue weighted by atomic mass is 10.1. The normalized spacial score (nSPS) is 12.4. The Hall–Kier alpha value is -3.12. The van der Waals surface area contributed by atoms with Crippen LogP contribution in [0.1, 0.15) is 31.8 Å². The Bertz CT molecular complexity index is 1030. The Labute approximate surface area is 161 Å². The maximum atomic E-state index is 12.7. The average molecular weight is 375 g/mol. The van der Waals surface area contributed by atoms with E-state index in [1.165, 1.54) is 11.8 Å². The monoisotopic (exact) mass is 375 g/mol. The zero-order valence-corrected chi connectivity index (χ0v) is 15.5. The van der Waals surface area contributed by atoms with Crippen LogP contribution in [0.15, 0.2) is 70.7 Å². The third-order valence-corrected chi connectivity index (χ3v) is 5.57. The van der Waals surface area contributed by atoms with Crippen molar-refractivity contribution in [2.75, 3.05) is 5.32 Å². The first-order valence-corrected chi connectivity index (χ1v) is 9.34. The fourth-order valence-corrected chi connectivity index (χ4v) is 4.09. The van der Waals surface area contributed by atoms with Crippen LogP contribution in [0.5, 0.6) is 0 Å². The van der Waals surface area contributed by atoms with Gasteiger partial charge in [-0.15, -0.1) is 0 Å². The van der Waals surface area contributed by atoms with E-state index >= 15 is 0 Å². The summed E-state index contributed by atoms with van der Waals surface area (Å²) in [5.41, 5.74) is 3.56. The fourth-order valence-electron chi connectivity index (χ4n) is 3.00. The lowest BCUT2D eigenvalue weighted by Crippen LogP contribution is -2.24. The number of aromatic nitrogens is 1. The number of anilines is 1. The Kier molecular flexibility index (Phi) is 4.64. The molecule has 2 aromatic carbocycles. The molecule has 6 heteroatoms. The number of amides is 2. The van der Waals surface area contributed by atoms with Gasteiger partial charge >= 0.3 is 0 Å². The van der Waals surface area contributed by atoms with Crippen LogP contribution < -0.4 is 10.6 Å². The molecule has 0 atom stereocenters. The SMILES string of the molecule is Cc1c(C(=O)NCc2cccnc2)ccc2c1NC(=O)c1ccccc1S2. The van der Waals surface area contributed by atoms with Crippen molar-refractivity contribution in [1.82, 2.24) is 10.3 Å². The summed E-state index contributed by atoms with van der Waals surface area (Å²) in [7, 11) is 0. The van der Waals surface area contributed by atoms with Crippen LogP contribution in [0.25, 0.3) is 0 Å². The number of fused-ring (bicyclic) bond motifs is 2. The standard InChI is InChI=1S/C21H17N3O2S/c1-13-15(20(25)23-12-14-5-4-10-22-11-14)8-9-18-19(13)24-21(26)16-6-2-3-7-17(16)27-18/h2-11H,12H2,1H3,(H,23,25)(H,24,26). The van der Waals surface area contributed by atoms with E-state index in [1.807, 2.05) is 43.3 Å². The highest BCUT2D eigenvalue weighted by molar-refractivity contribution is 7.99. The fraction of sp³-hybridized carbons (Fsp3) is 0.0952. The number of benzene rings is 2. The molecular formula is C21H17N3O2S. The van der Waals surface area contributed by atoms with Gasteiger partial charge in [-0.2, -0.15) is 0 Å². The van der Waals surface area contributed by atoms with Crippen LogP contribution in [0, 0.1) is 6.92 Å². The van der Waals surface area contributed by atoms with Crippen LogP contribution in [0.3, 0.4) is 0 Å². The van der Waals surface area contributed by atoms with Crippen LogP contribution in [-0.4, -0.2) is 16.8 Å². The minimum absolute atomic E-state index is 0.159. The number of carbonyl (C=O) groups is 2. The van der Waals surface area contributed by atoms with Crippen molar-refractivity contribution in [3.63, 3.8) is 0 Å². The van der Waals surface area contributed by atoms with Crippen molar-refractivity contribution in [1.29, 1.82) is 0 Å². The van der Waals surface area contributed by atoms with Gasteiger partial charge in [0.25, 0.3) is 11.8 Å². The summed E-state index contributed by atoms with van der Waals surface area (Å²) < 4.78 is 0. The highest BCUT2D eigenvalue weighted by Gasteiger charge is 2.23. The van der Waals surface area contributed by atoms with Crippen molar-refractivity contribution >= 4 is 29.3 Å². The molecule has 0 saturated carbocycles. The molecule has 0 fully saturated rings. The molecule has 134 valence electrons. The predicted molar refractivity (Wildman–Crippen MR) is 105 cm³/mol. The molecule has 2 amide bonds. The van der Waals surface area contributed by atoms with E-state index < -0.39 is 0 Å². The summed E-state index contributed by atoms with van der Waals surface area (Å²) in [6.07, 6.45) is 3.42. The van der Waals surface area contributed by atoms with Crippen LogP contribution in [-0.2, 0) is 6.54 Å². The first kappa shape index (κ1) is 17.3. The quantitative estimate of drug-likeness (QED) is 0.725. The van der Waals surface area contributed by atoms with E-state index in [0.717, 1.165) is 20.9 Å². The van der Waals surface area contributed by atoms with Gasteiger partial charge in [0.2, 0.25) is 0 Å². The van der Waals surface area contributed by atoms with E-state index in [2.05, 4.69) is 15.6 Å². The second kappa shape index (κ2) is 7.25. The first-order valence-electron chi connectivity index (χ1n) is 8.52. The molecule has 5 nitrogen and oxygen atoms in total. The molecule has 0 bridgehead atoms. The molecule has 2 heterocycles. The molecule has 3 aromatic rings. The molecule has 0 saturated heterocycles. The summed E-state index contributed by atoms with van der Waals surface area (Å²) >= 11 is 1.53. The summed E-state index contributed by atoms with van der Waals surface area (Å²) in [5.74, 6) is -0.340. The van der Waals surface area contributed by atoms with Gasteiger partial charge in [0.15, 0.2) is 0 Å². The molecule has 0 spiro atoms. The Morgan fingerprint density at radius 1 is 1.11 bits per heavy atom. The predicted octanol–water partition coefficient (Wildman–Crippen LogP) is 4.04. The van der Waals surface area contributed by atoms with Crippen molar-refractivity contribution in [3.05, 3.63) is 83.2 Å². The summed E-state index contributed by atoms with van der Waals surface area (Å²) in [6.45, 7) is 2.25. The first-order chi connectivity index (χ1) is 13.1. The number of hydrogen-bond donors (Lipinski definition) is 2. The van der Waals surface area contributed by atoms with Crippen molar-refractivity contribution in [2.24, 2.45) is 0 Å². The van der Waals surface area contributed by atoms with Crippen molar-refractivity contribution < 1.29 is 9.59 Å². The number of nitrogens with zero attached hydrogens (tertiary/aromatic N) is 1. The number of rotatable bonds is 3. The minimum Gasteiger partial charge on any atom is -0.348 e. The number of carbonyl (C=O) groups excluding carboxylic acids is 2. The van der Waals surface area contributed by atoms with Gasteiger partial charge in [-0.3, -0.25) is 14.6 Å². The molecule has 27 heavy (non-hydrogen) atoms. The van der Waals surface area contributed by atoms with Gasteiger partial charge in [-0.25, -0.2) is 0 Å². The maximum Gasteiger partial charge on any atom is 0.256 e. The number of nitrogens with one attached hydrogen (secondary N) is 2.